The summed E-state index contributed by atoms with van der Waals surface area (Å²) < 4.78 is 0. The second kappa shape index (κ2) is 10.6. The normalized spacial score (nSPS) is 15.7. The van der Waals surface area contributed by atoms with E-state index in [1.54, 1.807) is 11.3 Å². The molecule has 1 aliphatic heterocycles. The molecule has 10 heteroatoms. The zero-order valence-electron chi connectivity index (χ0n) is 18.8. The van der Waals surface area contributed by atoms with Crippen molar-refractivity contribution in [3.8, 4) is 0 Å². The van der Waals surface area contributed by atoms with Crippen LogP contribution >= 0.6 is 22.7 Å². The summed E-state index contributed by atoms with van der Waals surface area (Å²) in [5, 5.41) is 15.4. The molecule has 0 atom stereocenters. The lowest BCUT2D eigenvalue weighted by Crippen LogP contribution is -2.35. The van der Waals surface area contributed by atoms with Gasteiger partial charge in [-0.15, -0.1) is 21.5 Å². The van der Waals surface area contributed by atoms with Gasteiger partial charge in [-0.05, 0) is 12.8 Å². The highest BCUT2D eigenvalue weighted by Crippen LogP contribution is 2.26. The Morgan fingerprint density at radius 3 is 2.61 bits per heavy atom. The molecule has 1 N–H and O–H groups in total. The molecule has 0 aromatic carbocycles. The largest absolute Gasteiger partial charge is 0.341 e. The minimum absolute atomic E-state index is 0.0344. The Bertz CT molecular complexity index is 889. The standard InChI is InChI=1S/C21H32N6O2S2/c1-5-17-24-25-20(31-17)23-16(28)7-8-18(29)27-10-6-9-26(11-12-27)13-15-14-30-19(22-15)21(2,3)4/h14H,5-13H2,1-4H3,(H,23,25,28). The molecular weight excluding hydrogens is 432 g/mol. The van der Waals surface area contributed by atoms with Gasteiger partial charge in [0.25, 0.3) is 0 Å². The van der Waals surface area contributed by atoms with Gasteiger partial charge >= 0.3 is 0 Å². The smallest absolute Gasteiger partial charge is 0.226 e. The molecule has 170 valence electrons. The molecule has 2 amide bonds. The van der Waals surface area contributed by atoms with Crippen LogP contribution in [0.3, 0.4) is 0 Å². The van der Waals surface area contributed by atoms with Gasteiger partial charge in [0, 0.05) is 56.4 Å². The molecule has 0 aliphatic carbocycles. The van der Waals surface area contributed by atoms with E-state index >= 15 is 0 Å². The number of hydrogen-bond donors (Lipinski definition) is 1. The first-order valence-electron chi connectivity index (χ1n) is 10.8. The van der Waals surface area contributed by atoms with Crippen molar-refractivity contribution in [2.24, 2.45) is 0 Å². The molecular formula is C21H32N6O2S2. The molecule has 0 saturated carbocycles. The molecule has 0 spiro atoms. The van der Waals surface area contributed by atoms with Crippen LogP contribution in [0, 0.1) is 0 Å². The van der Waals surface area contributed by atoms with E-state index in [1.807, 2.05) is 11.8 Å². The lowest BCUT2D eigenvalue weighted by molar-refractivity contribution is -0.132. The van der Waals surface area contributed by atoms with Crippen molar-refractivity contribution >= 4 is 39.6 Å². The van der Waals surface area contributed by atoms with Crippen LogP contribution in [0.4, 0.5) is 5.13 Å². The van der Waals surface area contributed by atoms with Crippen molar-refractivity contribution in [2.45, 2.75) is 65.3 Å². The fourth-order valence-electron chi connectivity index (χ4n) is 3.34. The van der Waals surface area contributed by atoms with Gasteiger partial charge in [0.05, 0.1) is 10.7 Å². The molecule has 3 heterocycles. The van der Waals surface area contributed by atoms with Gasteiger partial charge in [0.1, 0.15) is 5.01 Å². The first kappa shape index (κ1) is 23.7. The lowest BCUT2D eigenvalue weighted by atomic mass is 9.98. The summed E-state index contributed by atoms with van der Waals surface area (Å²) in [6.45, 7) is 12.6. The molecule has 2 aromatic heterocycles. The van der Waals surface area contributed by atoms with E-state index in [9.17, 15) is 9.59 Å². The van der Waals surface area contributed by atoms with Crippen LogP contribution in [0.1, 0.15) is 62.7 Å². The van der Waals surface area contributed by atoms with Crippen LogP contribution in [0.15, 0.2) is 5.38 Å². The van der Waals surface area contributed by atoms with Crippen LogP contribution in [-0.4, -0.2) is 63.0 Å². The van der Waals surface area contributed by atoms with Gasteiger partial charge in [-0.1, -0.05) is 39.0 Å². The van der Waals surface area contributed by atoms with E-state index < -0.39 is 0 Å². The number of nitrogens with one attached hydrogen (secondary N) is 1. The maximum atomic E-state index is 12.6. The van der Waals surface area contributed by atoms with Crippen LogP contribution in [-0.2, 0) is 28.0 Å². The van der Waals surface area contributed by atoms with Gasteiger partial charge in [0.2, 0.25) is 16.9 Å². The minimum Gasteiger partial charge on any atom is -0.341 e. The predicted octanol–water partition coefficient (Wildman–Crippen LogP) is 3.31. The van der Waals surface area contributed by atoms with Gasteiger partial charge in [-0.2, -0.15) is 0 Å². The fraction of sp³-hybridized carbons (Fsp3) is 0.667. The number of carbonyl (C=O) groups is 2. The first-order chi connectivity index (χ1) is 14.7. The molecule has 0 bridgehead atoms. The van der Waals surface area contributed by atoms with Crippen molar-refractivity contribution in [2.75, 3.05) is 31.5 Å². The second-order valence-electron chi connectivity index (χ2n) is 8.81. The van der Waals surface area contributed by atoms with Crippen LogP contribution in [0.5, 0.6) is 0 Å². The third-order valence-electron chi connectivity index (χ3n) is 5.10. The van der Waals surface area contributed by atoms with Crippen molar-refractivity contribution in [1.29, 1.82) is 0 Å². The predicted molar refractivity (Wildman–Crippen MR) is 124 cm³/mol. The SMILES string of the molecule is CCc1nnc(NC(=O)CCC(=O)N2CCCN(Cc3csc(C(C)(C)C)n3)CC2)s1. The Kier molecular flexibility index (Phi) is 8.12. The van der Waals surface area contributed by atoms with Crippen LogP contribution in [0.2, 0.25) is 0 Å². The average Bonchev–Trinajstić information content (AvgIpc) is 3.31. The summed E-state index contributed by atoms with van der Waals surface area (Å²) in [7, 11) is 0. The van der Waals surface area contributed by atoms with Crippen molar-refractivity contribution in [3.63, 3.8) is 0 Å². The van der Waals surface area contributed by atoms with Crippen molar-refractivity contribution < 1.29 is 9.59 Å². The highest BCUT2D eigenvalue weighted by atomic mass is 32.1. The van der Waals surface area contributed by atoms with Crippen molar-refractivity contribution in [1.82, 2.24) is 25.0 Å². The number of hydrogen-bond acceptors (Lipinski definition) is 8. The molecule has 2 aromatic rings. The highest BCUT2D eigenvalue weighted by molar-refractivity contribution is 7.15. The number of anilines is 1. The fourth-order valence-corrected chi connectivity index (χ4v) is 4.93. The molecule has 1 aliphatic rings. The van der Waals surface area contributed by atoms with Gasteiger partial charge < -0.3 is 10.2 Å². The maximum Gasteiger partial charge on any atom is 0.226 e. The van der Waals surface area contributed by atoms with E-state index in [-0.39, 0.29) is 30.1 Å². The molecule has 31 heavy (non-hydrogen) atoms. The number of carbonyl (C=O) groups excluding carboxylic acids is 2. The quantitative estimate of drug-likeness (QED) is 0.676. The zero-order chi connectivity index (χ0) is 22.4. The topological polar surface area (TPSA) is 91.3 Å². The summed E-state index contributed by atoms with van der Waals surface area (Å²) >= 11 is 3.09. The molecule has 8 nitrogen and oxygen atoms in total. The number of aromatic nitrogens is 3. The number of rotatable bonds is 7. The van der Waals surface area contributed by atoms with E-state index in [4.69, 9.17) is 4.98 Å². The molecule has 1 fully saturated rings. The van der Waals surface area contributed by atoms with Gasteiger partial charge in [0.15, 0.2) is 0 Å². The summed E-state index contributed by atoms with van der Waals surface area (Å²) in [5.41, 5.74) is 1.18. The molecule has 1 saturated heterocycles. The van der Waals surface area contributed by atoms with E-state index in [0.29, 0.717) is 11.7 Å². The van der Waals surface area contributed by atoms with Crippen LogP contribution in [0.25, 0.3) is 0 Å². The zero-order valence-corrected chi connectivity index (χ0v) is 20.4. The molecule has 0 unspecified atom stereocenters. The van der Waals surface area contributed by atoms with E-state index in [1.165, 1.54) is 11.3 Å². The Balaban J connectivity index is 1.42. The monoisotopic (exact) mass is 464 g/mol. The van der Waals surface area contributed by atoms with Crippen molar-refractivity contribution in [3.05, 3.63) is 21.1 Å². The van der Waals surface area contributed by atoms with Gasteiger partial charge in [-0.25, -0.2) is 4.98 Å². The Hall–Kier alpha value is -1.91. The molecule has 0 radical (unpaired) electrons. The number of aryl methyl sites for hydroxylation is 1. The maximum absolute atomic E-state index is 12.6. The lowest BCUT2D eigenvalue weighted by Gasteiger charge is -2.21. The van der Waals surface area contributed by atoms with Crippen LogP contribution < -0.4 is 5.32 Å². The Labute approximate surface area is 192 Å². The Morgan fingerprint density at radius 2 is 1.94 bits per heavy atom. The number of thiazole rings is 1. The third-order valence-corrected chi connectivity index (χ3v) is 7.40. The second-order valence-corrected chi connectivity index (χ2v) is 10.7. The van der Waals surface area contributed by atoms with E-state index in [0.717, 1.165) is 54.7 Å². The van der Waals surface area contributed by atoms with E-state index in [2.05, 4.69) is 46.6 Å². The summed E-state index contributed by atoms with van der Waals surface area (Å²) in [6.07, 6.45) is 2.10. The summed E-state index contributed by atoms with van der Waals surface area (Å²) in [5.74, 6) is -0.158. The minimum atomic E-state index is -0.193. The number of amides is 2. The first-order valence-corrected chi connectivity index (χ1v) is 12.5. The summed E-state index contributed by atoms with van der Waals surface area (Å²) in [6, 6.07) is 0. The molecule has 3 rings (SSSR count). The average molecular weight is 465 g/mol. The van der Waals surface area contributed by atoms with Gasteiger partial charge in [-0.3, -0.25) is 14.5 Å². The highest BCUT2D eigenvalue weighted by Gasteiger charge is 2.22. The third kappa shape index (κ3) is 7.05. The number of nitrogens with zero attached hydrogens (tertiary/aromatic N) is 5. The Morgan fingerprint density at radius 1 is 1.13 bits per heavy atom. The summed E-state index contributed by atoms with van der Waals surface area (Å²) in [4.78, 5) is 33.8.